The molecule has 0 saturated carbocycles. The standard InChI is InChI=1S/C43H45NOS/c1-4-45-40-26-24-36(29-38(40)34-18-7-5-8-19-34)42(37-25-27-41(46)39(30-37)35-20-9-6-10-21-35)43(44-3)28-14-13-17-32-15-11-12-16-33(32)23-22-31(43)2/h5,7-9,11-12,14-21,23-31,42,44,46H,4,6,10,13,22H2,1-3H3/b28-14-,32-17-,33-23-. The van der Waals surface area contributed by atoms with Gasteiger partial charge >= 0.3 is 0 Å². The molecule has 0 amide bonds. The van der Waals surface area contributed by atoms with Crippen LogP contribution in [0.25, 0.3) is 28.9 Å². The van der Waals surface area contributed by atoms with E-state index in [2.05, 4.69) is 160 Å². The lowest BCUT2D eigenvalue weighted by Crippen LogP contribution is -2.52. The summed E-state index contributed by atoms with van der Waals surface area (Å²) >= 11 is 4.95. The van der Waals surface area contributed by atoms with Crippen LogP contribution in [0, 0.1) is 5.92 Å². The molecule has 3 atom stereocenters. The van der Waals surface area contributed by atoms with Crippen molar-refractivity contribution in [2.45, 2.75) is 55.9 Å². The van der Waals surface area contributed by atoms with Crippen LogP contribution in [0.4, 0.5) is 0 Å². The summed E-state index contributed by atoms with van der Waals surface area (Å²) in [5.74, 6) is 1.18. The van der Waals surface area contributed by atoms with E-state index in [1.807, 2.05) is 0 Å². The van der Waals surface area contributed by atoms with Gasteiger partial charge in [-0.2, -0.15) is 0 Å². The quantitative estimate of drug-likeness (QED) is 0.151. The number of ether oxygens (including phenoxy) is 1. The molecular weight excluding hydrogens is 579 g/mol. The van der Waals surface area contributed by atoms with E-state index in [1.54, 1.807) is 0 Å². The molecule has 0 radical (unpaired) electrons. The molecule has 0 aliphatic heterocycles. The predicted molar refractivity (Wildman–Crippen MR) is 199 cm³/mol. The van der Waals surface area contributed by atoms with Crippen LogP contribution in [0.5, 0.6) is 5.75 Å². The van der Waals surface area contributed by atoms with Crippen molar-refractivity contribution in [2.75, 3.05) is 13.7 Å². The van der Waals surface area contributed by atoms with Crippen molar-refractivity contribution in [1.82, 2.24) is 5.32 Å². The third-order valence-corrected chi connectivity index (χ3v) is 10.1. The van der Waals surface area contributed by atoms with E-state index >= 15 is 0 Å². The van der Waals surface area contributed by atoms with Crippen molar-refractivity contribution < 1.29 is 4.74 Å². The number of nitrogens with one attached hydrogen (secondary N) is 1. The van der Waals surface area contributed by atoms with E-state index < -0.39 is 0 Å². The van der Waals surface area contributed by atoms with Gasteiger partial charge in [0.15, 0.2) is 0 Å². The molecule has 0 saturated heterocycles. The predicted octanol–water partition coefficient (Wildman–Crippen LogP) is 9.11. The van der Waals surface area contributed by atoms with Crippen molar-refractivity contribution in [2.24, 2.45) is 5.92 Å². The number of hydrogen-bond acceptors (Lipinski definition) is 3. The minimum absolute atomic E-state index is 0.00538. The molecular formula is C43H45NOS. The van der Waals surface area contributed by atoms with E-state index in [-0.39, 0.29) is 17.4 Å². The summed E-state index contributed by atoms with van der Waals surface area (Å²) in [5, 5.41) is 6.52. The number of allylic oxidation sites excluding steroid dienone is 5. The molecule has 0 fully saturated rings. The van der Waals surface area contributed by atoms with E-state index in [1.165, 1.54) is 32.7 Å². The Morgan fingerprint density at radius 3 is 2.26 bits per heavy atom. The molecule has 0 bridgehead atoms. The average molecular weight is 624 g/mol. The Kier molecular flexibility index (Phi) is 10.1. The van der Waals surface area contributed by atoms with Gasteiger partial charge in [0, 0.05) is 16.4 Å². The van der Waals surface area contributed by atoms with Gasteiger partial charge in [0.25, 0.3) is 0 Å². The molecule has 0 aromatic heterocycles. The largest absolute Gasteiger partial charge is 0.493 e. The highest BCUT2D eigenvalue weighted by Crippen LogP contribution is 2.46. The normalized spacial score (nSPS) is 22.3. The monoisotopic (exact) mass is 623 g/mol. The third-order valence-electron chi connectivity index (χ3n) is 9.66. The van der Waals surface area contributed by atoms with Gasteiger partial charge in [0.2, 0.25) is 0 Å². The summed E-state index contributed by atoms with van der Waals surface area (Å²) in [4.78, 5) is 1.00. The van der Waals surface area contributed by atoms with Gasteiger partial charge in [-0.25, -0.2) is 0 Å². The molecule has 4 aromatic rings. The van der Waals surface area contributed by atoms with Gasteiger partial charge in [-0.05, 0) is 108 Å². The highest BCUT2D eigenvalue weighted by molar-refractivity contribution is 7.80. The van der Waals surface area contributed by atoms with Crippen molar-refractivity contribution >= 4 is 30.4 Å². The summed E-state index contributed by atoms with van der Waals surface area (Å²) in [6.07, 6.45) is 20.4. The number of benzene rings is 4. The van der Waals surface area contributed by atoms with Crippen LogP contribution >= 0.6 is 12.6 Å². The maximum atomic E-state index is 6.20. The zero-order valence-electron chi connectivity index (χ0n) is 27.2. The number of likely N-dealkylation sites (N-methyl/N-ethyl adjacent to an activating group) is 1. The first kappa shape index (κ1) is 31.9. The topological polar surface area (TPSA) is 21.3 Å². The molecule has 6 rings (SSSR count). The van der Waals surface area contributed by atoms with Crippen LogP contribution in [0.15, 0.2) is 126 Å². The Bertz CT molecular complexity index is 1890. The van der Waals surface area contributed by atoms with Crippen LogP contribution in [0.2, 0.25) is 0 Å². The molecule has 234 valence electrons. The van der Waals surface area contributed by atoms with Crippen LogP contribution < -0.4 is 20.5 Å². The van der Waals surface area contributed by atoms with Crippen molar-refractivity contribution in [3.8, 4) is 16.9 Å². The van der Waals surface area contributed by atoms with Gasteiger partial charge in [-0.1, -0.05) is 116 Å². The highest BCUT2D eigenvalue weighted by atomic mass is 32.1. The first-order chi connectivity index (χ1) is 22.5. The molecule has 3 heteroatoms. The number of fused-ring (bicyclic) bond motifs is 1. The van der Waals surface area contributed by atoms with E-state index in [0.717, 1.165) is 47.5 Å². The molecule has 3 unspecified atom stereocenters. The molecule has 2 aliphatic rings. The Morgan fingerprint density at radius 2 is 1.54 bits per heavy atom. The zero-order chi connectivity index (χ0) is 31.9. The SMILES string of the molecule is CCOc1ccc(C(c2ccc(S)c(C3=CCCC=C3)c2)C2(NC)/C=C\C/C=c3/cccc/c3=C/CC2C)cc1-c1ccccc1. The van der Waals surface area contributed by atoms with Gasteiger partial charge in [0.1, 0.15) is 5.75 Å². The smallest absolute Gasteiger partial charge is 0.127 e. The molecule has 2 nitrogen and oxygen atoms in total. The molecule has 46 heavy (non-hydrogen) atoms. The fourth-order valence-corrected chi connectivity index (χ4v) is 7.50. The lowest BCUT2D eigenvalue weighted by atomic mass is 9.66. The minimum Gasteiger partial charge on any atom is -0.493 e. The summed E-state index contributed by atoms with van der Waals surface area (Å²) < 4.78 is 6.20. The maximum Gasteiger partial charge on any atom is 0.127 e. The Labute approximate surface area is 280 Å². The van der Waals surface area contributed by atoms with E-state index in [0.29, 0.717) is 6.61 Å². The molecule has 0 heterocycles. The van der Waals surface area contributed by atoms with Crippen LogP contribution in [-0.4, -0.2) is 19.2 Å². The zero-order valence-corrected chi connectivity index (χ0v) is 28.1. The maximum absolute atomic E-state index is 6.20. The lowest BCUT2D eigenvalue weighted by molar-refractivity contribution is 0.274. The van der Waals surface area contributed by atoms with Crippen LogP contribution in [0.1, 0.15) is 62.1 Å². The fraction of sp³-hybridized carbons (Fsp3) is 0.256. The number of hydrogen-bond donors (Lipinski definition) is 2. The molecule has 0 spiro atoms. The van der Waals surface area contributed by atoms with E-state index in [4.69, 9.17) is 17.4 Å². The van der Waals surface area contributed by atoms with Gasteiger partial charge in [0.05, 0.1) is 12.1 Å². The summed E-state index contributed by atoms with van der Waals surface area (Å²) in [5.41, 5.74) is 6.84. The third kappa shape index (κ3) is 6.58. The second kappa shape index (κ2) is 14.6. The summed E-state index contributed by atoms with van der Waals surface area (Å²) in [6, 6.07) is 33.0. The first-order valence-corrected chi connectivity index (χ1v) is 17.1. The summed E-state index contributed by atoms with van der Waals surface area (Å²) in [6.45, 7) is 5.06. The molecule has 4 aromatic carbocycles. The van der Waals surface area contributed by atoms with Crippen molar-refractivity contribution in [3.05, 3.63) is 149 Å². The van der Waals surface area contributed by atoms with E-state index in [9.17, 15) is 0 Å². The second-order valence-electron chi connectivity index (χ2n) is 12.4. The van der Waals surface area contributed by atoms with Crippen molar-refractivity contribution in [3.63, 3.8) is 0 Å². The summed E-state index contributed by atoms with van der Waals surface area (Å²) in [7, 11) is 2.13. The average Bonchev–Trinajstić information content (AvgIpc) is 3.10. The Balaban J connectivity index is 1.58. The van der Waals surface area contributed by atoms with Gasteiger partial charge in [-0.3, -0.25) is 0 Å². The van der Waals surface area contributed by atoms with Gasteiger partial charge < -0.3 is 10.1 Å². The molecule has 2 aliphatic carbocycles. The highest BCUT2D eigenvalue weighted by Gasteiger charge is 2.42. The second-order valence-corrected chi connectivity index (χ2v) is 12.9. The Hall–Kier alpha value is -4.05. The molecule has 1 N–H and O–H groups in total. The van der Waals surface area contributed by atoms with Gasteiger partial charge in [-0.15, -0.1) is 12.6 Å². The fourth-order valence-electron chi connectivity index (χ4n) is 7.23. The van der Waals surface area contributed by atoms with Crippen LogP contribution in [-0.2, 0) is 0 Å². The first-order valence-electron chi connectivity index (χ1n) is 16.7. The number of thiol groups is 1. The minimum atomic E-state index is -0.385. The lowest BCUT2D eigenvalue weighted by Gasteiger charge is -2.44. The Morgan fingerprint density at radius 1 is 0.826 bits per heavy atom. The van der Waals surface area contributed by atoms with Crippen LogP contribution in [0.3, 0.4) is 0 Å². The van der Waals surface area contributed by atoms with Crippen molar-refractivity contribution in [1.29, 1.82) is 0 Å². The number of rotatable bonds is 8.